The van der Waals surface area contributed by atoms with Crippen molar-refractivity contribution in [2.45, 2.75) is 25.8 Å². The van der Waals surface area contributed by atoms with Crippen LogP contribution in [0.4, 0.5) is 5.69 Å². The Morgan fingerprint density at radius 2 is 2.10 bits per heavy atom. The number of fused-ring (bicyclic) bond motifs is 1. The average molecular weight is 264 g/mol. The zero-order valence-electron chi connectivity index (χ0n) is 11.4. The zero-order chi connectivity index (χ0) is 13.7. The summed E-state index contributed by atoms with van der Waals surface area (Å²) in [7, 11) is 0. The van der Waals surface area contributed by atoms with Crippen molar-refractivity contribution >= 4 is 16.9 Å². The van der Waals surface area contributed by atoms with Crippen molar-refractivity contribution in [2.75, 3.05) is 5.73 Å². The van der Waals surface area contributed by atoms with E-state index >= 15 is 0 Å². The molecule has 100 valence electrons. The van der Waals surface area contributed by atoms with Gasteiger partial charge in [-0.3, -0.25) is 0 Å². The molecule has 0 radical (unpaired) electrons. The molecule has 1 saturated carbocycles. The van der Waals surface area contributed by atoms with Gasteiger partial charge in [0.1, 0.15) is 11.3 Å². The van der Waals surface area contributed by atoms with Crippen LogP contribution in [-0.2, 0) is 0 Å². The Morgan fingerprint density at radius 1 is 1.25 bits per heavy atom. The van der Waals surface area contributed by atoms with E-state index in [0.29, 0.717) is 6.04 Å². The van der Waals surface area contributed by atoms with Crippen molar-refractivity contribution < 1.29 is 0 Å². The third kappa shape index (κ3) is 1.68. The maximum atomic E-state index is 5.91. The number of imidazole rings is 1. The SMILES string of the molecule is Cc1cc(-c2nc3cccnc3n2C2CC2)ccc1N. The molecule has 1 fully saturated rings. The first kappa shape index (κ1) is 11.5. The molecule has 0 bridgehead atoms. The molecular formula is C16H16N4. The molecule has 0 spiro atoms. The van der Waals surface area contributed by atoms with E-state index in [4.69, 9.17) is 10.7 Å². The molecule has 2 aromatic heterocycles. The second-order valence-corrected chi connectivity index (χ2v) is 5.45. The summed E-state index contributed by atoms with van der Waals surface area (Å²) in [6, 6.07) is 10.6. The third-order valence-electron chi connectivity index (χ3n) is 3.89. The predicted molar refractivity (Wildman–Crippen MR) is 80.4 cm³/mol. The highest BCUT2D eigenvalue weighted by atomic mass is 15.2. The Hall–Kier alpha value is -2.36. The first-order valence-corrected chi connectivity index (χ1v) is 6.93. The van der Waals surface area contributed by atoms with Crippen LogP contribution in [0.2, 0.25) is 0 Å². The van der Waals surface area contributed by atoms with Crippen LogP contribution in [0.15, 0.2) is 36.5 Å². The van der Waals surface area contributed by atoms with Gasteiger partial charge in [-0.25, -0.2) is 9.97 Å². The number of aryl methyl sites for hydroxylation is 1. The Labute approximate surface area is 117 Å². The number of hydrogen-bond donors (Lipinski definition) is 1. The highest BCUT2D eigenvalue weighted by molar-refractivity contribution is 5.78. The quantitative estimate of drug-likeness (QED) is 0.722. The second kappa shape index (κ2) is 4.07. The third-order valence-corrected chi connectivity index (χ3v) is 3.89. The Kier molecular flexibility index (Phi) is 2.33. The zero-order valence-corrected chi connectivity index (χ0v) is 11.4. The predicted octanol–water partition coefficient (Wildman–Crippen LogP) is 3.32. The van der Waals surface area contributed by atoms with Crippen LogP contribution in [0.1, 0.15) is 24.4 Å². The van der Waals surface area contributed by atoms with Gasteiger partial charge >= 0.3 is 0 Å². The average Bonchev–Trinajstić information content (AvgIpc) is 3.22. The molecule has 1 aliphatic carbocycles. The molecule has 1 aromatic carbocycles. The van der Waals surface area contributed by atoms with E-state index in [1.165, 1.54) is 12.8 Å². The van der Waals surface area contributed by atoms with Crippen molar-refractivity contribution in [1.29, 1.82) is 0 Å². The van der Waals surface area contributed by atoms with Gasteiger partial charge in [0.2, 0.25) is 0 Å². The standard InChI is InChI=1S/C16H16N4/c1-10-9-11(4-7-13(10)17)15-19-14-3-2-8-18-16(14)20(15)12-5-6-12/h2-4,7-9,12H,5-6,17H2,1H3. The molecule has 0 saturated heterocycles. The molecule has 0 unspecified atom stereocenters. The number of benzene rings is 1. The van der Waals surface area contributed by atoms with Gasteiger partial charge in [-0.05, 0) is 55.7 Å². The van der Waals surface area contributed by atoms with Crippen molar-refractivity contribution in [2.24, 2.45) is 0 Å². The lowest BCUT2D eigenvalue weighted by Gasteiger charge is -2.08. The molecule has 20 heavy (non-hydrogen) atoms. The molecule has 4 rings (SSSR count). The number of anilines is 1. The maximum Gasteiger partial charge on any atom is 0.160 e. The van der Waals surface area contributed by atoms with Crippen LogP contribution >= 0.6 is 0 Å². The number of nitrogens with two attached hydrogens (primary N) is 1. The summed E-state index contributed by atoms with van der Waals surface area (Å²) in [5, 5.41) is 0. The Bertz CT molecular complexity index is 799. The van der Waals surface area contributed by atoms with Crippen LogP contribution in [0, 0.1) is 6.92 Å². The Balaban J connectivity index is 1.98. The molecule has 2 N–H and O–H groups in total. The van der Waals surface area contributed by atoms with Gasteiger partial charge < -0.3 is 10.3 Å². The van der Waals surface area contributed by atoms with Gasteiger partial charge in [-0.2, -0.15) is 0 Å². The fourth-order valence-electron chi connectivity index (χ4n) is 2.63. The lowest BCUT2D eigenvalue weighted by atomic mass is 10.1. The smallest absolute Gasteiger partial charge is 0.160 e. The fourth-order valence-corrected chi connectivity index (χ4v) is 2.63. The summed E-state index contributed by atoms with van der Waals surface area (Å²) in [5.41, 5.74) is 10.9. The number of nitrogen functional groups attached to an aromatic ring is 1. The summed E-state index contributed by atoms with van der Waals surface area (Å²) >= 11 is 0. The number of hydrogen-bond acceptors (Lipinski definition) is 3. The van der Waals surface area contributed by atoms with Gasteiger partial charge in [-0.1, -0.05) is 0 Å². The maximum absolute atomic E-state index is 5.91. The lowest BCUT2D eigenvalue weighted by molar-refractivity contribution is 0.766. The monoisotopic (exact) mass is 264 g/mol. The van der Waals surface area contributed by atoms with E-state index in [1.54, 1.807) is 0 Å². The van der Waals surface area contributed by atoms with E-state index in [1.807, 2.05) is 37.4 Å². The van der Waals surface area contributed by atoms with E-state index in [0.717, 1.165) is 33.8 Å². The molecule has 1 aliphatic rings. The first-order valence-electron chi connectivity index (χ1n) is 6.93. The number of pyridine rings is 1. The van der Waals surface area contributed by atoms with E-state index in [9.17, 15) is 0 Å². The molecule has 0 amide bonds. The summed E-state index contributed by atoms with van der Waals surface area (Å²) in [4.78, 5) is 9.28. The van der Waals surface area contributed by atoms with Crippen LogP contribution in [-0.4, -0.2) is 14.5 Å². The van der Waals surface area contributed by atoms with Crippen molar-refractivity contribution in [1.82, 2.24) is 14.5 Å². The summed E-state index contributed by atoms with van der Waals surface area (Å²) in [6.07, 6.45) is 4.26. The fraction of sp³-hybridized carbons (Fsp3) is 0.250. The van der Waals surface area contributed by atoms with Crippen molar-refractivity contribution in [3.8, 4) is 11.4 Å². The minimum Gasteiger partial charge on any atom is -0.399 e. The van der Waals surface area contributed by atoms with Crippen molar-refractivity contribution in [3.05, 3.63) is 42.1 Å². The minimum absolute atomic E-state index is 0.544. The van der Waals surface area contributed by atoms with Gasteiger partial charge in [0, 0.05) is 23.5 Å². The minimum atomic E-state index is 0.544. The van der Waals surface area contributed by atoms with Crippen LogP contribution in [0.5, 0.6) is 0 Å². The number of rotatable bonds is 2. The van der Waals surface area contributed by atoms with Gasteiger partial charge in [0.25, 0.3) is 0 Å². The van der Waals surface area contributed by atoms with Gasteiger partial charge in [0.15, 0.2) is 5.65 Å². The normalized spacial score (nSPS) is 14.8. The molecule has 4 heteroatoms. The molecule has 3 aromatic rings. The van der Waals surface area contributed by atoms with E-state index in [2.05, 4.69) is 15.6 Å². The highest BCUT2D eigenvalue weighted by Crippen LogP contribution is 2.40. The summed E-state index contributed by atoms with van der Waals surface area (Å²) in [6.45, 7) is 2.03. The lowest BCUT2D eigenvalue weighted by Crippen LogP contribution is -1.99. The molecule has 4 nitrogen and oxygen atoms in total. The second-order valence-electron chi connectivity index (χ2n) is 5.45. The molecule has 2 heterocycles. The first-order chi connectivity index (χ1) is 9.74. The number of aromatic nitrogens is 3. The van der Waals surface area contributed by atoms with Crippen LogP contribution < -0.4 is 5.73 Å². The van der Waals surface area contributed by atoms with Crippen LogP contribution in [0.25, 0.3) is 22.6 Å². The topological polar surface area (TPSA) is 56.7 Å². The largest absolute Gasteiger partial charge is 0.399 e. The molecular weight excluding hydrogens is 248 g/mol. The molecule has 0 atom stereocenters. The molecule has 0 aliphatic heterocycles. The van der Waals surface area contributed by atoms with E-state index < -0.39 is 0 Å². The van der Waals surface area contributed by atoms with Gasteiger partial charge in [0.05, 0.1) is 0 Å². The van der Waals surface area contributed by atoms with Crippen LogP contribution in [0.3, 0.4) is 0 Å². The van der Waals surface area contributed by atoms with Crippen molar-refractivity contribution in [3.63, 3.8) is 0 Å². The number of nitrogens with zero attached hydrogens (tertiary/aromatic N) is 3. The highest BCUT2D eigenvalue weighted by Gasteiger charge is 2.29. The summed E-state index contributed by atoms with van der Waals surface area (Å²) in [5.74, 6) is 1.00. The van der Waals surface area contributed by atoms with E-state index in [-0.39, 0.29) is 0 Å². The summed E-state index contributed by atoms with van der Waals surface area (Å²) < 4.78 is 2.28. The Morgan fingerprint density at radius 3 is 2.85 bits per heavy atom. The van der Waals surface area contributed by atoms with Gasteiger partial charge in [-0.15, -0.1) is 0 Å².